The first-order valence-electron chi connectivity index (χ1n) is 3.42. The molecule has 6 heteroatoms. The van der Waals surface area contributed by atoms with Gasteiger partial charge in [-0.15, -0.1) is 0 Å². The van der Waals surface area contributed by atoms with Gasteiger partial charge in [0.05, 0.1) is 11.4 Å². The Morgan fingerprint density at radius 1 is 1.67 bits per heavy atom. The lowest BCUT2D eigenvalue weighted by molar-refractivity contribution is 0.249. The van der Waals surface area contributed by atoms with Crippen LogP contribution in [0.2, 0.25) is 0 Å². The number of nitrogens with zero attached hydrogens (tertiary/aromatic N) is 2. The zero-order valence-corrected chi connectivity index (χ0v) is 7.03. The molecule has 0 saturated heterocycles. The number of carbonyl (C=O) groups excluding carboxylic acids is 1. The van der Waals surface area contributed by atoms with Crippen LogP contribution in [0, 0.1) is 0 Å². The lowest BCUT2D eigenvalue weighted by atomic mass is 10.2. The first-order valence-corrected chi connectivity index (χ1v) is 3.42. The molecule has 0 radical (unpaired) electrons. The van der Waals surface area contributed by atoms with Crippen molar-refractivity contribution in [2.45, 2.75) is 20.3 Å². The number of hydrogen-bond donors (Lipinski definition) is 3. The lowest BCUT2D eigenvalue weighted by Crippen LogP contribution is -2.27. The SMILES string of the molecule is CCC(=N\NC(N)=O)/C(C)=N/O. The summed E-state index contributed by atoms with van der Waals surface area (Å²) in [6.45, 7) is 3.39. The molecule has 6 nitrogen and oxygen atoms in total. The van der Waals surface area contributed by atoms with Gasteiger partial charge in [0.15, 0.2) is 0 Å². The second-order valence-corrected chi connectivity index (χ2v) is 2.07. The minimum Gasteiger partial charge on any atom is -0.411 e. The minimum absolute atomic E-state index is 0.353. The van der Waals surface area contributed by atoms with Gasteiger partial charge in [-0.2, -0.15) is 5.10 Å². The quantitative estimate of drug-likeness (QED) is 0.323. The molecule has 0 aliphatic carbocycles. The third-order valence-corrected chi connectivity index (χ3v) is 1.20. The van der Waals surface area contributed by atoms with E-state index in [-0.39, 0.29) is 0 Å². The number of rotatable bonds is 3. The van der Waals surface area contributed by atoms with Crippen LogP contribution in [0.3, 0.4) is 0 Å². The molecule has 12 heavy (non-hydrogen) atoms. The largest absolute Gasteiger partial charge is 0.411 e. The third kappa shape index (κ3) is 3.55. The average Bonchev–Trinajstić information content (AvgIpc) is 2.04. The molecule has 0 aromatic carbocycles. The highest BCUT2D eigenvalue weighted by molar-refractivity contribution is 6.41. The van der Waals surface area contributed by atoms with Crippen molar-refractivity contribution in [3.05, 3.63) is 0 Å². The molecular weight excluding hydrogens is 160 g/mol. The zero-order valence-electron chi connectivity index (χ0n) is 7.03. The average molecular weight is 172 g/mol. The fourth-order valence-electron chi connectivity index (χ4n) is 0.596. The van der Waals surface area contributed by atoms with Crippen LogP contribution in [0.15, 0.2) is 10.3 Å². The van der Waals surface area contributed by atoms with Crippen molar-refractivity contribution < 1.29 is 10.0 Å². The van der Waals surface area contributed by atoms with Crippen LogP contribution < -0.4 is 11.2 Å². The standard InChI is InChI=1S/C6H12N4O2/c1-3-5(4(2)10-12)8-9-6(7)11/h12H,3H2,1-2H3,(H3,7,9,11)/b8-5+,10-4+. The van der Waals surface area contributed by atoms with Gasteiger partial charge in [0.2, 0.25) is 0 Å². The molecule has 2 amide bonds. The van der Waals surface area contributed by atoms with Crippen LogP contribution in [0.4, 0.5) is 4.79 Å². The van der Waals surface area contributed by atoms with Crippen molar-refractivity contribution in [3.8, 4) is 0 Å². The Bertz CT molecular complexity index is 222. The monoisotopic (exact) mass is 172 g/mol. The topological polar surface area (TPSA) is 100 Å². The smallest absolute Gasteiger partial charge is 0.332 e. The Kier molecular flexibility index (Phi) is 4.43. The van der Waals surface area contributed by atoms with Gasteiger partial charge in [-0.3, -0.25) is 0 Å². The van der Waals surface area contributed by atoms with Gasteiger partial charge < -0.3 is 10.9 Å². The van der Waals surface area contributed by atoms with Crippen molar-refractivity contribution in [2.75, 3.05) is 0 Å². The molecule has 68 valence electrons. The van der Waals surface area contributed by atoms with Gasteiger partial charge in [-0.1, -0.05) is 12.1 Å². The number of carbonyl (C=O) groups is 1. The van der Waals surface area contributed by atoms with Gasteiger partial charge in [-0.25, -0.2) is 10.2 Å². The van der Waals surface area contributed by atoms with E-state index >= 15 is 0 Å². The number of primary amides is 1. The summed E-state index contributed by atoms with van der Waals surface area (Å²) in [5.74, 6) is 0. The number of nitrogens with two attached hydrogens (primary N) is 1. The van der Waals surface area contributed by atoms with E-state index in [0.717, 1.165) is 0 Å². The molecule has 0 saturated carbocycles. The summed E-state index contributed by atoms with van der Waals surface area (Å²) in [6.07, 6.45) is 0.552. The van der Waals surface area contributed by atoms with Crippen LogP contribution in [0.25, 0.3) is 0 Å². The minimum atomic E-state index is -0.744. The van der Waals surface area contributed by atoms with E-state index in [9.17, 15) is 4.79 Å². The van der Waals surface area contributed by atoms with Gasteiger partial charge in [-0.05, 0) is 13.3 Å². The molecule has 0 bridgehead atoms. The Labute approximate surface area is 70.1 Å². The van der Waals surface area contributed by atoms with Crippen molar-refractivity contribution in [1.82, 2.24) is 5.43 Å². The molecule has 0 fully saturated rings. The second kappa shape index (κ2) is 5.11. The normalized spacial score (nSPS) is 12.8. The van der Waals surface area contributed by atoms with Crippen LogP contribution in [0.5, 0.6) is 0 Å². The Morgan fingerprint density at radius 2 is 2.25 bits per heavy atom. The van der Waals surface area contributed by atoms with Gasteiger partial charge in [0.1, 0.15) is 0 Å². The highest BCUT2D eigenvalue weighted by Gasteiger charge is 2.01. The van der Waals surface area contributed by atoms with E-state index in [1.54, 1.807) is 6.92 Å². The molecular formula is C6H12N4O2. The van der Waals surface area contributed by atoms with E-state index in [1.165, 1.54) is 0 Å². The van der Waals surface area contributed by atoms with Gasteiger partial charge in [0.25, 0.3) is 0 Å². The summed E-state index contributed by atoms with van der Waals surface area (Å²) in [5.41, 5.74) is 7.66. The third-order valence-electron chi connectivity index (χ3n) is 1.20. The van der Waals surface area contributed by atoms with Crippen LogP contribution in [-0.4, -0.2) is 22.7 Å². The molecule has 0 atom stereocenters. The lowest BCUT2D eigenvalue weighted by Gasteiger charge is -1.99. The van der Waals surface area contributed by atoms with Crippen molar-refractivity contribution in [3.63, 3.8) is 0 Å². The van der Waals surface area contributed by atoms with Crippen LogP contribution in [0.1, 0.15) is 20.3 Å². The molecule has 0 rings (SSSR count). The maximum Gasteiger partial charge on any atom is 0.332 e. The van der Waals surface area contributed by atoms with E-state index in [0.29, 0.717) is 17.8 Å². The Hall–Kier alpha value is -1.59. The molecule has 0 unspecified atom stereocenters. The van der Waals surface area contributed by atoms with E-state index in [4.69, 9.17) is 10.9 Å². The molecule has 0 aromatic rings. The van der Waals surface area contributed by atoms with Crippen molar-refractivity contribution in [1.29, 1.82) is 0 Å². The number of oxime groups is 1. The second-order valence-electron chi connectivity index (χ2n) is 2.07. The summed E-state index contributed by atoms with van der Waals surface area (Å²) in [6, 6.07) is -0.744. The number of amides is 2. The Morgan fingerprint density at radius 3 is 2.58 bits per heavy atom. The first-order chi connectivity index (χ1) is 5.61. The molecule has 4 N–H and O–H groups in total. The molecule has 0 aromatic heterocycles. The van der Waals surface area contributed by atoms with E-state index in [2.05, 4.69) is 10.3 Å². The highest BCUT2D eigenvalue weighted by Crippen LogP contribution is 1.88. The van der Waals surface area contributed by atoms with E-state index in [1.807, 2.05) is 12.3 Å². The highest BCUT2D eigenvalue weighted by atomic mass is 16.4. The number of urea groups is 1. The summed E-state index contributed by atoms with van der Waals surface area (Å²) < 4.78 is 0. The fourth-order valence-corrected chi connectivity index (χ4v) is 0.596. The Balaban J connectivity index is 4.33. The maximum atomic E-state index is 10.2. The summed E-state index contributed by atoms with van der Waals surface area (Å²) in [4.78, 5) is 10.2. The zero-order chi connectivity index (χ0) is 9.56. The number of hydrogen-bond acceptors (Lipinski definition) is 4. The van der Waals surface area contributed by atoms with Gasteiger partial charge in [0, 0.05) is 0 Å². The summed E-state index contributed by atoms with van der Waals surface area (Å²) in [5, 5.41) is 14.9. The summed E-state index contributed by atoms with van der Waals surface area (Å²) in [7, 11) is 0. The van der Waals surface area contributed by atoms with Crippen molar-refractivity contribution >= 4 is 17.5 Å². The molecule has 0 spiro atoms. The summed E-state index contributed by atoms with van der Waals surface area (Å²) >= 11 is 0. The predicted octanol–water partition coefficient (Wildman–Crippen LogP) is 0.271. The molecule has 0 aliphatic rings. The van der Waals surface area contributed by atoms with Crippen LogP contribution in [-0.2, 0) is 0 Å². The van der Waals surface area contributed by atoms with Crippen molar-refractivity contribution in [2.24, 2.45) is 16.0 Å². The van der Waals surface area contributed by atoms with Crippen LogP contribution >= 0.6 is 0 Å². The fraction of sp³-hybridized carbons (Fsp3) is 0.500. The number of nitrogens with one attached hydrogen (secondary N) is 1. The van der Waals surface area contributed by atoms with Gasteiger partial charge >= 0.3 is 6.03 Å². The van der Waals surface area contributed by atoms with E-state index < -0.39 is 6.03 Å². The molecule has 0 aliphatic heterocycles. The first kappa shape index (κ1) is 10.4. The molecule has 0 heterocycles. The maximum absolute atomic E-state index is 10.2. The number of hydrazone groups is 1. The predicted molar refractivity (Wildman–Crippen MR) is 45.3 cm³/mol.